The molecule has 3 aromatic rings. The maximum atomic E-state index is 14.0. The van der Waals surface area contributed by atoms with E-state index >= 15 is 0 Å². The zero-order valence-electron chi connectivity index (χ0n) is 21.2. The van der Waals surface area contributed by atoms with E-state index in [0.29, 0.717) is 36.9 Å². The Morgan fingerprint density at radius 3 is 2.36 bits per heavy atom. The van der Waals surface area contributed by atoms with E-state index in [1.165, 1.54) is 11.3 Å². The number of carbonyl (C=O) groups is 2. The van der Waals surface area contributed by atoms with Gasteiger partial charge in [0.1, 0.15) is 18.0 Å². The largest absolute Gasteiger partial charge is 0.492 e. The van der Waals surface area contributed by atoms with Gasteiger partial charge in [0.15, 0.2) is 5.13 Å². The number of nitrogens with two attached hydrogens (primary N) is 1. The van der Waals surface area contributed by atoms with Crippen molar-refractivity contribution in [2.24, 2.45) is 11.1 Å². The highest BCUT2D eigenvalue weighted by Gasteiger charge is 2.48. The molecule has 0 atom stereocenters. The molecule has 0 saturated carbocycles. The number of nitrogens with zero attached hydrogens (tertiary/aromatic N) is 2. The minimum atomic E-state index is -0.922. The number of hydrogen-bond donors (Lipinski definition) is 1. The van der Waals surface area contributed by atoms with Gasteiger partial charge in [0.2, 0.25) is 5.91 Å². The van der Waals surface area contributed by atoms with Crippen molar-refractivity contribution in [1.82, 2.24) is 4.98 Å². The van der Waals surface area contributed by atoms with Crippen molar-refractivity contribution < 1.29 is 19.1 Å². The summed E-state index contributed by atoms with van der Waals surface area (Å²) in [6.45, 7) is 6.32. The van der Waals surface area contributed by atoms with Crippen LogP contribution in [0.5, 0.6) is 5.75 Å². The Morgan fingerprint density at radius 2 is 1.72 bits per heavy atom. The molecule has 2 aromatic carbocycles. The highest BCUT2D eigenvalue weighted by atomic mass is 32.1. The van der Waals surface area contributed by atoms with Gasteiger partial charge in [-0.15, -0.1) is 11.3 Å². The Morgan fingerprint density at radius 1 is 1.08 bits per heavy atom. The van der Waals surface area contributed by atoms with Gasteiger partial charge >= 0.3 is 5.97 Å². The van der Waals surface area contributed by atoms with Gasteiger partial charge in [-0.3, -0.25) is 14.5 Å². The van der Waals surface area contributed by atoms with Crippen LogP contribution in [0.2, 0.25) is 0 Å². The average molecular weight is 508 g/mol. The Labute approximate surface area is 216 Å². The van der Waals surface area contributed by atoms with Crippen LogP contribution in [0.3, 0.4) is 0 Å². The minimum absolute atomic E-state index is 0.0100. The molecular weight excluding hydrogens is 474 g/mol. The van der Waals surface area contributed by atoms with Crippen LogP contribution in [-0.2, 0) is 27.2 Å². The molecule has 190 valence electrons. The summed E-state index contributed by atoms with van der Waals surface area (Å²) in [5.74, 6) is 0.183. The number of para-hydroxylation sites is 1. The number of ether oxygens (including phenoxy) is 2. The Bertz CT molecular complexity index is 1220. The Balaban J connectivity index is 1.61. The van der Waals surface area contributed by atoms with Crippen molar-refractivity contribution in [1.29, 1.82) is 0 Å². The summed E-state index contributed by atoms with van der Waals surface area (Å²) in [6.07, 6.45) is 0.981. The zero-order valence-corrected chi connectivity index (χ0v) is 22.1. The summed E-state index contributed by atoms with van der Waals surface area (Å²) in [5.41, 5.74) is 7.80. The molecule has 0 saturated heterocycles. The molecule has 0 bridgehead atoms. The molecule has 36 heavy (non-hydrogen) atoms. The number of anilines is 1. The fourth-order valence-corrected chi connectivity index (χ4v) is 5.45. The van der Waals surface area contributed by atoms with Crippen molar-refractivity contribution in [2.75, 3.05) is 25.1 Å². The van der Waals surface area contributed by atoms with E-state index in [2.05, 4.69) is 0 Å². The first kappa shape index (κ1) is 25.9. The van der Waals surface area contributed by atoms with Crippen LogP contribution < -0.4 is 15.4 Å². The standard InChI is InChI=1S/C28H33N3O4S/c1-27(2,3)35-24(32)17-28(15-19-9-5-6-10-20(19)16-28)25(33)31(4)26-30-22(18-36-26)21-11-7-8-12-23(21)34-14-13-29/h5-12,18H,13-17,29H2,1-4H3. The number of esters is 1. The van der Waals surface area contributed by atoms with Crippen LogP contribution in [0.15, 0.2) is 53.9 Å². The molecule has 0 aliphatic heterocycles. The second kappa shape index (κ2) is 10.4. The molecule has 4 rings (SSSR count). The smallest absolute Gasteiger partial charge is 0.307 e. The lowest BCUT2D eigenvalue weighted by Gasteiger charge is -2.31. The van der Waals surface area contributed by atoms with Gasteiger partial charge < -0.3 is 15.2 Å². The monoisotopic (exact) mass is 507 g/mol. The van der Waals surface area contributed by atoms with E-state index in [0.717, 1.165) is 22.4 Å². The fraction of sp³-hybridized carbons (Fsp3) is 0.393. The highest BCUT2D eigenvalue weighted by Crippen LogP contribution is 2.43. The normalized spacial score (nSPS) is 14.2. The second-order valence-corrected chi connectivity index (χ2v) is 11.0. The van der Waals surface area contributed by atoms with Crippen LogP contribution in [0.1, 0.15) is 38.3 Å². The Kier molecular flexibility index (Phi) is 7.47. The lowest BCUT2D eigenvalue weighted by atomic mass is 9.80. The molecule has 1 aliphatic carbocycles. The summed E-state index contributed by atoms with van der Waals surface area (Å²) < 4.78 is 11.4. The predicted octanol–water partition coefficient (Wildman–Crippen LogP) is 4.63. The molecule has 2 N–H and O–H groups in total. The van der Waals surface area contributed by atoms with Crippen molar-refractivity contribution in [2.45, 2.75) is 45.6 Å². The summed E-state index contributed by atoms with van der Waals surface area (Å²) in [7, 11) is 1.72. The number of fused-ring (bicyclic) bond motifs is 1. The molecule has 0 fully saturated rings. The molecule has 0 spiro atoms. The first-order valence-electron chi connectivity index (χ1n) is 12.1. The molecule has 1 heterocycles. The van der Waals surface area contributed by atoms with Crippen molar-refractivity contribution >= 4 is 28.3 Å². The molecule has 0 radical (unpaired) electrons. The zero-order chi connectivity index (χ0) is 25.9. The van der Waals surface area contributed by atoms with Crippen LogP contribution in [-0.4, -0.2) is 42.7 Å². The summed E-state index contributed by atoms with van der Waals surface area (Å²) in [5, 5.41) is 2.47. The third-order valence-corrected chi connectivity index (χ3v) is 7.07. The van der Waals surface area contributed by atoms with Crippen molar-refractivity contribution in [3.05, 3.63) is 65.0 Å². The van der Waals surface area contributed by atoms with Crippen molar-refractivity contribution in [3.8, 4) is 17.0 Å². The molecule has 1 aliphatic rings. The van der Waals surface area contributed by atoms with Crippen LogP contribution in [0.25, 0.3) is 11.3 Å². The minimum Gasteiger partial charge on any atom is -0.492 e. The van der Waals surface area contributed by atoms with Crippen LogP contribution in [0, 0.1) is 5.41 Å². The molecule has 1 aromatic heterocycles. The van der Waals surface area contributed by atoms with E-state index in [1.807, 2.05) is 74.7 Å². The van der Waals surface area contributed by atoms with E-state index in [1.54, 1.807) is 11.9 Å². The quantitative estimate of drug-likeness (QED) is 0.447. The van der Waals surface area contributed by atoms with Crippen LogP contribution >= 0.6 is 11.3 Å². The molecule has 0 unspecified atom stereocenters. The molecule has 1 amide bonds. The van der Waals surface area contributed by atoms with Crippen molar-refractivity contribution in [3.63, 3.8) is 0 Å². The van der Waals surface area contributed by atoms with Gasteiger partial charge in [0.05, 0.1) is 17.5 Å². The Hall–Kier alpha value is -3.23. The molecular formula is C28H33N3O4S. The number of amides is 1. The summed E-state index contributed by atoms with van der Waals surface area (Å²) in [4.78, 5) is 33.3. The topological polar surface area (TPSA) is 94.8 Å². The maximum Gasteiger partial charge on any atom is 0.307 e. The van der Waals surface area contributed by atoms with Gasteiger partial charge in [-0.1, -0.05) is 36.4 Å². The van der Waals surface area contributed by atoms with E-state index in [9.17, 15) is 9.59 Å². The number of thiazole rings is 1. The molecule has 7 nitrogen and oxygen atoms in total. The average Bonchev–Trinajstić information content (AvgIpc) is 3.46. The predicted molar refractivity (Wildman–Crippen MR) is 142 cm³/mol. The van der Waals surface area contributed by atoms with E-state index < -0.39 is 11.0 Å². The number of benzene rings is 2. The first-order chi connectivity index (χ1) is 17.1. The van der Waals surface area contributed by atoms with Gasteiger partial charge in [-0.2, -0.15) is 0 Å². The fourth-order valence-electron chi connectivity index (χ4n) is 4.66. The van der Waals surface area contributed by atoms with Gasteiger partial charge in [-0.25, -0.2) is 4.98 Å². The van der Waals surface area contributed by atoms with Gasteiger partial charge in [-0.05, 0) is 56.9 Å². The number of carbonyl (C=O) groups excluding carboxylic acids is 2. The number of hydrogen-bond acceptors (Lipinski definition) is 7. The number of aromatic nitrogens is 1. The second-order valence-electron chi connectivity index (χ2n) is 10.2. The third-order valence-electron chi connectivity index (χ3n) is 6.15. The first-order valence-corrected chi connectivity index (χ1v) is 12.9. The van der Waals surface area contributed by atoms with Crippen LogP contribution in [0.4, 0.5) is 5.13 Å². The third kappa shape index (κ3) is 5.60. The number of rotatable bonds is 8. The lowest BCUT2D eigenvalue weighted by Crippen LogP contribution is -2.45. The SMILES string of the molecule is CN(C(=O)C1(CC(=O)OC(C)(C)C)Cc2ccccc2C1)c1nc(-c2ccccc2OCCN)cs1. The molecule has 8 heteroatoms. The van der Waals surface area contributed by atoms with Gasteiger partial charge in [0, 0.05) is 24.5 Å². The highest BCUT2D eigenvalue weighted by molar-refractivity contribution is 7.14. The summed E-state index contributed by atoms with van der Waals surface area (Å²) >= 11 is 1.38. The maximum absolute atomic E-state index is 14.0. The lowest BCUT2D eigenvalue weighted by molar-refractivity contribution is -0.159. The summed E-state index contributed by atoms with van der Waals surface area (Å²) in [6, 6.07) is 15.6. The van der Waals surface area contributed by atoms with Gasteiger partial charge in [0.25, 0.3) is 0 Å². The van der Waals surface area contributed by atoms with E-state index in [4.69, 9.17) is 20.2 Å². The van der Waals surface area contributed by atoms with E-state index in [-0.39, 0.29) is 18.3 Å².